The van der Waals surface area contributed by atoms with Gasteiger partial charge in [0.2, 0.25) is 0 Å². The Balaban J connectivity index is 0.00000588. The number of aliphatic hydroxyl groups is 2. The largest absolute Gasteiger partial charge is 0.505 e. The highest BCUT2D eigenvalue weighted by atomic mass is 35.5. The molecule has 1 aliphatic carbocycles. The van der Waals surface area contributed by atoms with Gasteiger partial charge in [-0.1, -0.05) is 11.6 Å². The van der Waals surface area contributed by atoms with Crippen molar-refractivity contribution in [3.05, 3.63) is 46.5 Å². The number of aliphatic hydroxyl groups excluding tert-OH is 2. The van der Waals surface area contributed by atoms with Crippen molar-refractivity contribution in [1.29, 1.82) is 0 Å². The van der Waals surface area contributed by atoms with Crippen LogP contribution in [-0.4, -0.2) is 71.5 Å². The van der Waals surface area contributed by atoms with Crippen molar-refractivity contribution < 1.29 is 44.7 Å². The molecule has 0 aromatic heterocycles. The smallest absolute Gasteiger partial charge is 0.417 e. The summed E-state index contributed by atoms with van der Waals surface area (Å²) in [5.41, 5.74) is 1.33. The van der Waals surface area contributed by atoms with Crippen molar-refractivity contribution in [2.75, 3.05) is 37.5 Å². The molecule has 0 saturated carbocycles. The highest BCUT2D eigenvalue weighted by Gasteiger charge is 2.36. The normalized spacial score (nSPS) is 15.7. The molecule has 224 valence electrons. The third-order valence-corrected chi connectivity index (χ3v) is 7.36. The molecule has 1 amide bonds. The first-order valence-electron chi connectivity index (χ1n) is 13.0. The molecule has 3 rings (SSSR count). The zero-order valence-electron chi connectivity index (χ0n) is 23.3. The predicted octanol–water partition coefficient (Wildman–Crippen LogP) is 3.19. The second kappa shape index (κ2) is 14.9. The Morgan fingerprint density at radius 3 is 2.37 bits per heavy atom. The lowest BCUT2D eigenvalue weighted by atomic mass is 9.73. The Kier molecular flexibility index (Phi) is 12.3. The number of amides is 1. The summed E-state index contributed by atoms with van der Waals surface area (Å²) in [6, 6.07) is 7.72. The van der Waals surface area contributed by atoms with Gasteiger partial charge in [0.25, 0.3) is 0 Å². The first-order valence-corrected chi connectivity index (χ1v) is 13.4. The quantitative estimate of drug-likeness (QED) is 0.212. The molecule has 0 heterocycles. The van der Waals surface area contributed by atoms with E-state index in [0.717, 1.165) is 0 Å². The molecular formula is C29H37ClN2O9. The van der Waals surface area contributed by atoms with E-state index in [-0.39, 0.29) is 77.4 Å². The Hall–Kier alpha value is -3.51. The van der Waals surface area contributed by atoms with E-state index in [1.165, 1.54) is 19.1 Å². The van der Waals surface area contributed by atoms with Crippen molar-refractivity contribution >= 4 is 46.4 Å². The molecular weight excluding hydrogens is 556 g/mol. The summed E-state index contributed by atoms with van der Waals surface area (Å²) >= 11 is 5.86. The van der Waals surface area contributed by atoms with Crippen LogP contribution in [0.1, 0.15) is 48.5 Å². The zero-order valence-corrected chi connectivity index (χ0v) is 24.0. The molecule has 0 aliphatic heterocycles. The Labute approximate surface area is 243 Å². The van der Waals surface area contributed by atoms with Crippen LogP contribution in [0.5, 0.6) is 11.5 Å². The van der Waals surface area contributed by atoms with Crippen LogP contribution in [0.15, 0.2) is 30.3 Å². The minimum absolute atomic E-state index is 0. The molecule has 2 aromatic rings. The minimum atomic E-state index is -0.861. The number of hydrogen-bond donors (Lipinski definition) is 4. The average Bonchev–Trinajstić information content (AvgIpc) is 2.86. The SMILES string of the molecule is CC(=O)CC(=O)C(CO)[C@H](CCO)C[C@H]1CC(=O)c2c(O)c(NC(=O)Oc3ccc(Cl)cc3)cc(N(C)C)c2C1.O. The number of nitrogens with one attached hydrogen (secondary N) is 1. The fourth-order valence-corrected chi connectivity index (χ4v) is 5.43. The van der Waals surface area contributed by atoms with E-state index in [0.29, 0.717) is 29.1 Å². The standard InChI is InChI=1S/C29H35ClN2O8.H2O/c1-16(35)10-25(36)22(15-34)18(8-9-33)11-17-12-21-24(32(2)3)14-23(28(38)27(21)26(37)13-17)31-29(39)40-20-6-4-19(30)5-7-20;/h4-7,14,17-18,22,33-34,38H,8-13,15H2,1-3H3,(H,31,39);1H2/t17-,18-,22?;/m1./s1. The van der Waals surface area contributed by atoms with E-state index in [1.54, 1.807) is 37.2 Å². The Bertz CT molecular complexity index is 1260. The first kappa shape index (κ1) is 33.7. The number of hydrogen-bond acceptors (Lipinski definition) is 9. The number of ketones is 3. The van der Waals surface area contributed by atoms with Gasteiger partial charge in [0.1, 0.15) is 23.1 Å². The Morgan fingerprint density at radius 2 is 1.80 bits per heavy atom. The molecule has 41 heavy (non-hydrogen) atoms. The summed E-state index contributed by atoms with van der Waals surface area (Å²) in [6.45, 7) is 0.634. The molecule has 1 aliphatic rings. The molecule has 6 N–H and O–H groups in total. The van der Waals surface area contributed by atoms with Crippen LogP contribution in [0.4, 0.5) is 16.2 Å². The number of anilines is 2. The Morgan fingerprint density at radius 1 is 1.15 bits per heavy atom. The lowest BCUT2D eigenvalue weighted by Crippen LogP contribution is -2.33. The van der Waals surface area contributed by atoms with Crippen LogP contribution in [0.25, 0.3) is 0 Å². The summed E-state index contributed by atoms with van der Waals surface area (Å²) < 4.78 is 5.25. The zero-order chi connectivity index (χ0) is 29.6. The number of benzene rings is 2. The molecule has 0 spiro atoms. The van der Waals surface area contributed by atoms with Crippen molar-refractivity contribution in [3.63, 3.8) is 0 Å². The van der Waals surface area contributed by atoms with Gasteiger partial charge >= 0.3 is 6.09 Å². The van der Waals surface area contributed by atoms with Gasteiger partial charge < -0.3 is 30.4 Å². The summed E-state index contributed by atoms with van der Waals surface area (Å²) in [5.74, 6) is -2.64. The van der Waals surface area contributed by atoms with Gasteiger partial charge in [-0.3, -0.25) is 19.7 Å². The van der Waals surface area contributed by atoms with Crippen LogP contribution in [0.2, 0.25) is 5.02 Å². The van der Waals surface area contributed by atoms with Crippen molar-refractivity contribution in [3.8, 4) is 11.5 Å². The molecule has 12 heteroatoms. The first-order chi connectivity index (χ1) is 18.9. The van der Waals surface area contributed by atoms with Gasteiger partial charge in [0, 0.05) is 43.8 Å². The van der Waals surface area contributed by atoms with E-state index in [9.17, 15) is 34.5 Å². The maximum atomic E-state index is 13.4. The third kappa shape index (κ3) is 8.49. The number of halogens is 1. The van der Waals surface area contributed by atoms with Gasteiger partial charge in [-0.25, -0.2) is 4.79 Å². The lowest BCUT2D eigenvalue weighted by Gasteiger charge is -2.33. The van der Waals surface area contributed by atoms with Crippen LogP contribution < -0.4 is 15.0 Å². The maximum absolute atomic E-state index is 13.4. The molecule has 3 atom stereocenters. The fourth-order valence-electron chi connectivity index (χ4n) is 5.30. The minimum Gasteiger partial charge on any atom is -0.505 e. The monoisotopic (exact) mass is 592 g/mol. The molecule has 1 unspecified atom stereocenters. The second-order valence-electron chi connectivity index (χ2n) is 10.3. The number of nitrogens with zero attached hydrogens (tertiary/aromatic N) is 1. The number of rotatable bonds is 12. The highest BCUT2D eigenvalue weighted by molar-refractivity contribution is 6.30. The summed E-state index contributed by atoms with van der Waals surface area (Å²) in [5, 5.41) is 33.6. The number of carbonyl (C=O) groups excluding carboxylic acids is 4. The van der Waals surface area contributed by atoms with Crippen LogP contribution >= 0.6 is 11.6 Å². The fraction of sp³-hybridized carbons (Fsp3) is 0.448. The van der Waals surface area contributed by atoms with Crippen molar-refractivity contribution in [1.82, 2.24) is 0 Å². The highest BCUT2D eigenvalue weighted by Crippen LogP contribution is 2.44. The third-order valence-electron chi connectivity index (χ3n) is 7.11. The van der Waals surface area contributed by atoms with E-state index in [1.807, 2.05) is 0 Å². The molecule has 0 fully saturated rings. The molecule has 2 aromatic carbocycles. The van der Waals surface area contributed by atoms with Gasteiger partial charge in [-0.05, 0) is 73.9 Å². The molecule has 0 radical (unpaired) electrons. The van der Waals surface area contributed by atoms with E-state index in [2.05, 4.69) is 5.32 Å². The van der Waals surface area contributed by atoms with Gasteiger partial charge in [0.05, 0.1) is 24.3 Å². The molecule has 11 nitrogen and oxygen atoms in total. The number of phenolic OH excluding ortho intramolecular Hbond substituents is 1. The summed E-state index contributed by atoms with van der Waals surface area (Å²) in [7, 11) is 3.54. The number of carbonyl (C=O) groups is 4. The van der Waals surface area contributed by atoms with Crippen LogP contribution in [-0.2, 0) is 16.0 Å². The number of fused-ring (bicyclic) bond motifs is 1. The second-order valence-corrected chi connectivity index (χ2v) is 10.8. The van der Waals surface area contributed by atoms with E-state index >= 15 is 0 Å². The summed E-state index contributed by atoms with van der Waals surface area (Å²) in [6.07, 6.45) is -0.112. The maximum Gasteiger partial charge on any atom is 0.417 e. The van der Waals surface area contributed by atoms with Crippen molar-refractivity contribution in [2.24, 2.45) is 17.8 Å². The van der Waals surface area contributed by atoms with E-state index in [4.69, 9.17) is 16.3 Å². The summed E-state index contributed by atoms with van der Waals surface area (Å²) in [4.78, 5) is 51.8. The number of aromatic hydroxyl groups is 1. The number of ether oxygens (including phenoxy) is 1. The van der Waals surface area contributed by atoms with E-state index < -0.39 is 24.5 Å². The van der Waals surface area contributed by atoms with Gasteiger partial charge in [-0.2, -0.15) is 0 Å². The van der Waals surface area contributed by atoms with Crippen molar-refractivity contribution in [2.45, 2.75) is 39.0 Å². The average molecular weight is 593 g/mol. The molecule has 0 bridgehead atoms. The van der Waals surface area contributed by atoms with Gasteiger partial charge in [-0.15, -0.1) is 0 Å². The predicted molar refractivity (Wildman–Crippen MR) is 154 cm³/mol. The molecule has 0 saturated heterocycles. The lowest BCUT2D eigenvalue weighted by molar-refractivity contribution is -0.131. The topological polar surface area (TPSA) is 185 Å². The van der Waals surface area contributed by atoms with Gasteiger partial charge in [0.15, 0.2) is 5.78 Å². The number of phenols is 1. The number of Topliss-reactive ketones (excluding diaryl/α,β-unsaturated/α-hetero) is 3. The van der Waals surface area contributed by atoms with Crippen LogP contribution in [0, 0.1) is 17.8 Å². The van der Waals surface area contributed by atoms with Crippen LogP contribution in [0.3, 0.4) is 0 Å².